The lowest BCUT2D eigenvalue weighted by Crippen LogP contribution is -2.46. The van der Waals surface area contributed by atoms with Crippen molar-refractivity contribution >= 4 is 17.3 Å². The van der Waals surface area contributed by atoms with Gasteiger partial charge in [-0.05, 0) is 31.2 Å². The second kappa shape index (κ2) is 5.93. The minimum absolute atomic E-state index is 0.439. The first kappa shape index (κ1) is 13.7. The van der Waals surface area contributed by atoms with Gasteiger partial charge in [0.05, 0.1) is 11.4 Å². The van der Waals surface area contributed by atoms with Gasteiger partial charge in [0.1, 0.15) is 0 Å². The molecule has 1 aliphatic rings. The predicted octanol–water partition coefficient (Wildman–Crippen LogP) is 0.900. The van der Waals surface area contributed by atoms with Crippen LogP contribution >= 0.6 is 0 Å². The molecule has 1 aliphatic heterocycles. The number of hydrogen-bond donors (Lipinski definition) is 2. The summed E-state index contributed by atoms with van der Waals surface area (Å²) in [6.45, 7) is 7.42. The Labute approximate surface area is 114 Å². The molecule has 0 atom stereocenters. The molecule has 1 amide bonds. The van der Waals surface area contributed by atoms with Gasteiger partial charge in [0, 0.05) is 31.7 Å². The molecule has 19 heavy (non-hydrogen) atoms. The number of piperazine rings is 1. The molecule has 1 fully saturated rings. The van der Waals surface area contributed by atoms with E-state index in [2.05, 4.69) is 16.7 Å². The zero-order valence-corrected chi connectivity index (χ0v) is 11.4. The maximum atomic E-state index is 11.1. The van der Waals surface area contributed by atoms with Crippen LogP contribution in [0.5, 0.6) is 0 Å². The average Bonchev–Trinajstić information content (AvgIpc) is 2.40. The number of carbonyl (C=O) groups excluding carboxylic acids is 1. The maximum absolute atomic E-state index is 11.1. The molecule has 0 aromatic heterocycles. The lowest BCUT2D eigenvalue weighted by molar-refractivity contribution is 0.100. The van der Waals surface area contributed by atoms with E-state index in [-0.39, 0.29) is 0 Å². The van der Waals surface area contributed by atoms with Crippen LogP contribution in [0.3, 0.4) is 0 Å². The Morgan fingerprint density at radius 1 is 1.26 bits per heavy atom. The molecule has 0 unspecified atom stereocenters. The quantitative estimate of drug-likeness (QED) is 0.791. The number of carbonyl (C=O) groups is 1. The summed E-state index contributed by atoms with van der Waals surface area (Å²) in [6.07, 6.45) is 1.19. The van der Waals surface area contributed by atoms with E-state index >= 15 is 0 Å². The monoisotopic (exact) mass is 262 g/mol. The molecule has 0 radical (unpaired) electrons. The number of anilines is 2. The Balaban J connectivity index is 2.05. The minimum Gasteiger partial charge on any atom is -0.397 e. The molecule has 5 nitrogen and oxygen atoms in total. The molecule has 1 aromatic rings. The van der Waals surface area contributed by atoms with E-state index in [9.17, 15) is 4.79 Å². The second-order valence-corrected chi connectivity index (χ2v) is 4.97. The van der Waals surface area contributed by atoms with Gasteiger partial charge in [-0.1, -0.05) is 6.92 Å². The Kier molecular flexibility index (Phi) is 4.27. The molecule has 0 bridgehead atoms. The van der Waals surface area contributed by atoms with Crippen LogP contribution in [0.25, 0.3) is 0 Å². The van der Waals surface area contributed by atoms with Crippen molar-refractivity contribution in [2.45, 2.75) is 13.3 Å². The van der Waals surface area contributed by atoms with E-state index in [1.165, 1.54) is 6.42 Å². The molecule has 0 aliphatic carbocycles. The third kappa shape index (κ3) is 3.17. The minimum atomic E-state index is -0.439. The lowest BCUT2D eigenvalue weighted by Gasteiger charge is -2.36. The fourth-order valence-corrected chi connectivity index (χ4v) is 2.52. The first-order valence-corrected chi connectivity index (χ1v) is 6.78. The van der Waals surface area contributed by atoms with E-state index in [1.54, 1.807) is 12.1 Å². The van der Waals surface area contributed by atoms with Crippen molar-refractivity contribution in [1.82, 2.24) is 4.90 Å². The molecule has 0 spiro atoms. The van der Waals surface area contributed by atoms with Gasteiger partial charge in [-0.3, -0.25) is 9.69 Å². The normalized spacial score (nSPS) is 16.6. The van der Waals surface area contributed by atoms with Crippen molar-refractivity contribution in [3.05, 3.63) is 23.8 Å². The SMILES string of the molecule is CCCN1CCN(c2ccc(C(N)=O)cc2N)CC1. The van der Waals surface area contributed by atoms with Gasteiger partial charge in [0.25, 0.3) is 0 Å². The Bertz CT molecular complexity index is 453. The van der Waals surface area contributed by atoms with Crippen LogP contribution in [-0.2, 0) is 0 Å². The number of nitrogens with zero attached hydrogens (tertiary/aromatic N) is 2. The fourth-order valence-electron chi connectivity index (χ4n) is 2.52. The summed E-state index contributed by atoms with van der Waals surface area (Å²) in [5.41, 5.74) is 13.4. The molecular formula is C14H22N4O. The summed E-state index contributed by atoms with van der Waals surface area (Å²) in [5, 5.41) is 0. The van der Waals surface area contributed by atoms with Crippen molar-refractivity contribution in [1.29, 1.82) is 0 Å². The van der Waals surface area contributed by atoms with Gasteiger partial charge in [-0.25, -0.2) is 0 Å². The molecule has 1 saturated heterocycles. The lowest BCUT2D eigenvalue weighted by atomic mass is 10.1. The first-order chi connectivity index (χ1) is 9.11. The van der Waals surface area contributed by atoms with Crippen LogP contribution in [0.4, 0.5) is 11.4 Å². The van der Waals surface area contributed by atoms with Crippen molar-refractivity contribution in [3.8, 4) is 0 Å². The summed E-state index contributed by atoms with van der Waals surface area (Å²) in [6, 6.07) is 5.30. The third-order valence-electron chi connectivity index (χ3n) is 3.56. The van der Waals surface area contributed by atoms with Gasteiger partial charge >= 0.3 is 0 Å². The molecule has 1 aromatic carbocycles. The fraction of sp³-hybridized carbons (Fsp3) is 0.500. The summed E-state index contributed by atoms with van der Waals surface area (Å²) >= 11 is 0. The first-order valence-electron chi connectivity index (χ1n) is 6.78. The largest absolute Gasteiger partial charge is 0.397 e. The summed E-state index contributed by atoms with van der Waals surface area (Å²) < 4.78 is 0. The number of primary amides is 1. The van der Waals surface area contributed by atoms with Crippen molar-refractivity contribution < 1.29 is 4.79 Å². The van der Waals surface area contributed by atoms with E-state index in [4.69, 9.17) is 11.5 Å². The van der Waals surface area contributed by atoms with Crippen LogP contribution in [0.1, 0.15) is 23.7 Å². The van der Waals surface area contributed by atoms with E-state index in [1.807, 2.05) is 6.07 Å². The van der Waals surface area contributed by atoms with E-state index in [0.717, 1.165) is 38.4 Å². The van der Waals surface area contributed by atoms with Crippen molar-refractivity contribution in [2.24, 2.45) is 5.73 Å². The third-order valence-corrected chi connectivity index (χ3v) is 3.56. The molecule has 2 rings (SSSR count). The van der Waals surface area contributed by atoms with Crippen LogP contribution in [0.2, 0.25) is 0 Å². The summed E-state index contributed by atoms with van der Waals surface area (Å²) in [4.78, 5) is 15.8. The second-order valence-electron chi connectivity index (χ2n) is 4.97. The van der Waals surface area contributed by atoms with E-state index in [0.29, 0.717) is 11.3 Å². The standard InChI is InChI=1S/C14H22N4O/c1-2-5-17-6-8-18(9-7-17)13-4-3-11(14(16)19)10-12(13)15/h3-4,10H,2,5-9,15H2,1H3,(H2,16,19). The number of hydrogen-bond acceptors (Lipinski definition) is 4. The Hall–Kier alpha value is -1.75. The van der Waals surface area contributed by atoms with Crippen molar-refractivity contribution in [2.75, 3.05) is 43.4 Å². The van der Waals surface area contributed by atoms with Crippen molar-refractivity contribution in [3.63, 3.8) is 0 Å². The number of amides is 1. The summed E-state index contributed by atoms with van der Waals surface area (Å²) in [7, 11) is 0. The zero-order chi connectivity index (χ0) is 13.8. The highest BCUT2D eigenvalue weighted by atomic mass is 16.1. The van der Waals surface area contributed by atoms with E-state index < -0.39 is 5.91 Å². The van der Waals surface area contributed by atoms with Gasteiger partial charge < -0.3 is 16.4 Å². The number of benzene rings is 1. The van der Waals surface area contributed by atoms with Crippen LogP contribution in [0.15, 0.2) is 18.2 Å². The molecule has 4 N–H and O–H groups in total. The molecule has 0 saturated carbocycles. The predicted molar refractivity (Wildman–Crippen MR) is 78.3 cm³/mol. The van der Waals surface area contributed by atoms with Crippen LogP contribution < -0.4 is 16.4 Å². The smallest absolute Gasteiger partial charge is 0.248 e. The average molecular weight is 262 g/mol. The van der Waals surface area contributed by atoms with Crippen LogP contribution in [-0.4, -0.2) is 43.5 Å². The number of nitrogen functional groups attached to an aromatic ring is 1. The van der Waals surface area contributed by atoms with Gasteiger partial charge in [-0.2, -0.15) is 0 Å². The summed E-state index contributed by atoms with van der Waals surface area (Å²) in [5.74, 6) is -0.439. The highest BCUT2D eigenvalue weighted by molar-refractivity contribution is 5.94. The molecular weight excluding hydrogens is 240 g/mol. The molecule has 104 valence electrons. The number of nitrogens with two attached hydrogens (primary N) is 2. The Morgan fingerprint density at radius 3 is 2.47 bits per heavy atom. The Morgan fingerprint density at radius 2 is 1.95 bits per heavy atom. The topological polar surface area (TPSA) is 75.6 Å². The molecule has 1 heterocycles. The zero-order valence-electron chi connectivity index (χ0n) is 11.4. The highest BCUT2D eigenvalue weighted by Crippen LogP contribution is 2.25. The highest BCUT2D eigenvalue weighted by Gasteiger charge is 2.18. The van der Waals surface area contributed by atoms with Crippen LogP contribution in [0, 0.1) is 0 Å². The van der Waals surface area contributed by atoms with Gasteiger partial charge in [0.2, 0.25) is 5.91 Å². The molecule has 5 heteroatoms. The van der Waals surface area contributed by atoms with Gasteiger partial charge in [0.15, 0.2) is 0 Å². The maximum Gasteiger partial charge on any atom is 0.248 e. The number of rotatable bonds is 4. The van der Waals surface area contributed by atoms with Gasteiger partial charge in [-0.15, -0.1) is 0 Å².